The maximum Gasteiger partial charge on any atom is 0.239 e. The van der Waals surface area contributed by atoms with Gasteiger partial charge in [0.2, 0.25) is 5.91 Å². The molecule has 2 saturated heterocycles. The standard InChI is InChI=1S/C17H26N4O/c1-5-8-21-13(3)16(12(2)18-21)11-19-10-15-7-6-9-20(15)17(22)14(19)4/h5,14-15H,1,6-11H2,2-4H3/t14-,15+/m0/s1. The van der Waals surface area contributed by atoms with Crippen LogP contribution in [0.4, 0.5) is 0 Å². The van der Waals surface area contributed by atoms with Crippen LogP contribution in [-0.4, -0.2) is 50.7 Å². The normalized spacial score (nSPS) is 25.6. The molecule has 2 aliphatic rings. The number of hydrogen-bond donors (Lipinski definition) is 0. The Morgan fingerprint density at radius 1 is 1.41 bits per heavy atom. The summed E-state index contributed by atoms with van der Waals surface area (Å²) in [6, 6.07) is 0.378. The number of aryl methyl sites for hydroxylation is 1. The molecule has 0 spiro atoms. The van der Waals surface area contributed by atoms with Crippen molar-refractivity contribution < 1.29 is 4.79 Å². The molecule has 5 heteroatoms. The van der Waals surface area contributed by atoms with Crippen molar-refractivity contribution in [3.63, 3.8) is 0 Å². The van der Waals surface area contributed by atoms with Gasteiger partial charge in [0.05, 0.1) is 18.3 Å². The third-order valence-electron chi connectivity index (χ3n) is 5.21. The van der Waals surface area contributed by atoms with Crippen LogP contribution in [0.15, 0.2) is 12.7 Å². The summed E-state index contributed by atoms with van der Waals surface area (Å²) in [6.07, 6.45) is 4.15. The lowest BCUT2D eigenvalue weighted by Crippen LogP contribution is -2.58. The Bertz CT molecular complexity index is 592. The van der Waals surface area contributed by atoms with Crippen LogP contribution in [-0.2, 0) is 17.9 Å². The van der Waals surface area contributed by atoms with Crippen LogP contribution in [0.3, 0.4) is 0 Å². The molecule has 0 bridgehead atoms. The number of allylic oxidation sites excluding steroid dienone is 1. The third kappa shape index (κ3) is 2.47. The Labute approximate surface area is 132 Å². The summed E-state index contributed by atoms with van der Waals surface area (Å²) in [5, 5.41) is 4.60. The Kier molecular flexibility index (Phi) is 4.08. The second kappa shape index (κ2) is 5.88. The minimum Gasteiger partial charge on any atom is -0.337 e. The zero-order valence-corrected chi connectivity index (χ0v) is 13.9. The highest BCUT2D eigenvalue weighted by Crippen LogP contribution is 2.27. The summed E-state index contributed by atoms with van der Waals surface area (Å²) in [7, 11) is 0. The fraction of sp³-hybridized carbons (Fsp3) is 0.647. The highest BCUT2D eigenvalue weighted by Gasteiger charge is 2.40. The van der Waals surface area contributed by atoms with E-state index in [1.807, 2.05) is 17.7 Å². The van der Waals surface area contributed by atoms with E-state index in [0.717, 1.165) is 44.7 Å². The first-order chi connectivity index (χ1) is 10.5. The van der Waals surface area contributed by atoms with Gasteiger partial charge in [0.1, 0.15) is 0 Å². The molecule has 0 unspecified atom stereocenters. The molecule has 2 aliphatic heterocycles. The molecule has 2 fully saturated rings. The minimum absolute atomic E-state index is 0.0316. The second-order valence-corrected chi connectivity index (χ2v) is 6.55. The predicted octanol–water partition coefficient (Wildman–Crippen LogP) is 1.88. The van der Waals surface area contributed by atoms with Gasteiger partial charge in [0, 0.05) is 36.9 Å². The SMILES string of the molecule is C=CCn1nc(C)c(CN2C[C@H]3CCCN3C(=O)[C@@H]2C)c1C. The highest BCUT2D eigenvalue weighted by molar-refractivity contribution is 5.83. The summed E-state index contributed by atoms with van der Waals surface area (Å²) >= 11 is 0. The number of fused-ring (bicyclic) bond motifs is 1. The molecule has 0 radical (unpaired) electrons. The van der Waals surface area contributed by atoms with Crippen molar-refractivity contribution in [1.29, 1.82) is 0 Å². The van der Waals surface area contributed by atoms with Crippen molar-refractivity contribution in [2.75, 3.05) is 13.1 Å². The van der Waals surface area contributed by atoms with E-state index >= 15 is 0 Å². The van der Waals surface area contributed by atoms with Crippen LogP contribution in [0.25, 0.3) is 0 Å². The molecule has 3 rings (SSSR count). The van der Waals surface area contributed by atoms with Gasteiger partial charge in [0.15, 0.2) is 0 Å². The molecule has 2 atom stereocenters. The molecule has 0 aromatic carbocycles. The Morgan fingerprint density at radius 3 is 2.91 bits per heavy atom. The van der Waals surface area contributed by atoms with Crippen LogP contribution in [0, 0.1) is 13.8 Å². The monoisotopic (exact) mass is 302 g/mol. The van der Waals surface area contributed by atoms with Crippen LogP contribution in [0.2, 0.25) is 0 Å². The summed E-state index contributed by atoms with van der Waals surface area (Å²) < 4.78 is 2.00. The van der Waals surface area contributed by atoms with Crippen LogP contribution >= 0.6 is 0 Å². The van der Waals surface area contributed by atoms with Crippen molar-refractivity contribution in [3.05, 3.63) is 29.6 Å². The number of rotatable bonds is 4. The van der Waals surface area contributed by atoms with E-state index in [1.54, 1.807) is 0 Å². The van der Waals surface area contributed by atoms with Crippen molar-refractivity contribution in [2.45, 2.75) is 58.8 Å². The second-order valence-electron chi connectivity index (χ2n) is 6.55. The molecule has 22 heavy (non-hydrogen) atoms. The smallest absolute Gasteiger partial charge is 0.239 e. The van der Waals surface area contributed by atoms with Gasteiger partial charge in [-0.1, -0.05) is 6.08 Å². The summed E-state index contributed by atoms with van der Waals surface area (Å²) in [4.78, 5) is 16.9. The minimum atomic E-state index is -0.0316. The first-order valence-electron chi connectivity index (χ1n) is 8.21. The van der Waals surface area contributed by atoms with Gasteiger partial charge in [-0.05, 0) is 33.6 Å². The van der Waals surface area contributed by atoms with E-state index in [-0.39, 0.29) is 6.04 Å². The van der Waals surface area contributed by atoms with E-state index < -0.39 is 0 Å². The Morgan fingerprint density at radius 2 is 2.18 bits per heavy atom. The van der Waals surface area contributed by atoms with Gasteiger partial charge in [-0.25, -0.2) is 0 Å². The van der Waals surface area contributed by atoms with Crippen molar-refractivity contribution in [1.82, 2.24) is 19.6 Å². The number of nitrogens with zero attached hydrogens (tertiary/aromatic N) is 4. The molecular formula is C17H26N4O. The Balaban J connectivity index is 1.80. The van der Waals surface area contributed by atoms with Crippen LogP contribution in [0.1, 0.15) is 36.7 Å². The number of piperazine rings is 1. The average Bonchev–Trinajstić information content (AvgIpc) is 3.05. The van der Waals surface area contributed by atoms with E-state index in [2.05, 4.69) is 35.3 Å². The molecule has 0 aliphatic carbocycles. The largest absolute Gasteiger partial charge is 0.337 e. The van der Waals surface area contributed by atoms with Crippen molar-refractivity contribution in [2.24, 2.45) is 0 Å². The molecule has 120 valence electrons. The molecule has 0 saturated carbocycles. The van der Waals surface area contributed by atoms with Gasteiger partial charge in [0.25, 0.3) is 0 Å². The lowest BCUT2D eigenvalue weighted by atomic mass is 10.1. The molecule has 3 heterocycles. The zero-order chi connectivity index (χ0) is 15.9. The highest BCUT2D eigenvalue weighted by atomic mass is 16.2. The van der Waals surface area contributed by atoms with E-state index in [4.69, 9.17) is 0 Å². The van der Waals surface area contributed by atoms with E-state index in [9.17, 15) is 4.79 Å². The lowest BCUT2D eigenvalue weighted by Gasteiger charge is -2.41. The van der Waals surface area contributed by atoms with Gasteiger partial charge in [-0.15, -0.1) is 6.58 Å². The number of carbonyl (C=O) groups is 1. The van der Waals surface area contributed by atoms with E-state index in [1.165, 1.54) is 11.3 Å². The maximum atomic E-state index is 12.5. The lowest BCUT2D eigenvalue weighted by molar-refractivity contribution is -0.143. The Hall–Kier alpha value is -1.62. The van der Waals surface area contributed by atoms with Crippen LogP contribution in [0.5, 0.6) is 0 Å². The van der Waals surface area contributed by atoms with Gasteiger partial charge in [-0.3, -0.25) is 14.4 Å². The number of hydrogen-bond acceptors (Lipinski definition) is 3. The number of aromatic nitrogens is 2. The quantitative estimate of drug-likeness (QED) is 0.798. The van der Waals surface area contributed by atoms with E-state index in [0.29, 0.717) is 11.9 Å². The van der Waals surface area contributed by atoms with Crippen molar-refractivity contribution >= 4 is 5.91 Å². The summed E-state index contributed by atoms with van der Waals surface area (Å²) in [5.41, 5.74) is 3.51. The third-order valence-corrected chi connectivity index (χ3v) is 5.21. The fourth-order valence-electron chi connectivity index (χ4n) is 3.81. The average molecular weight is 302 g/mol. The number of carbonyl (C=O) groups excluding carboxylic acids is 1. The molecular weight excluding hydrogens is 276 g/mol. The number of amides is 1. The first kappa shape index (κ1) is 15.3. The van der Waals surface area contributed by atoms with Gasteiger partial charge < -0.3 is 4.90 Å². The molecule has 0 N–H and O–H groups in total. The topological polar surface area (TPSA) is 41.4 Å². The zero-order valence-electron chi connectivity index (χ0n) is 13.9. The fourth-order valence-corrected chi connectivity index (χ4v) is 3.81. The molecule has 1 aromatic heterocycles. The van der Waals surface area contributed by atoms with Crippen LogP contribution < -0.4 is 0 Å². The summed E-state index contributed by atoms with van der Waals surface area (Å²) in [5.74, 6) is 0.294. The predicted molar refractivity (Wildman–Crippen MR) is 86.5 cm³/mol. The van der Waals surface area contributed by atoms with Gasteiger partial charge >= 0.3 is 0 Å². The molecule has 1 amide bonds. The first-order valence-corrected chi connectivity index (χ1v) is 8.21. The maximum absolute atomic E-state index is 12.5. The molecule has 1 aromatic rings. The van der Waals surface area contributed by atoms with Crippen molar-refractivity contribution in [3.8, 4) is 0 Å². The van der Waals surface area contributed by atoms with Gasteiger partial charge in [-0.2, -0.15) is 5.10 Å². The summed E-state index contributed by atoms with van der Waals surface area (Å²) in [6.45, 7) is 13.5. The molecule has 5 nitrogen and oxygen atoms in total.